The van der Waals surface area contributed by atoms with E-state index in [0.717, 1.165) is 18.7 Å². The number of sulfone groups is 1. The Morgan fingerprint density at radius 2 is 1.95 bits per heavy atom. The van der Waals surface area contributed by atoms with Crippen LogP contribution in [-0.2, 0) is 14.6 Å². The Balaban J connectivity index is 1.95. The van der Waals surface area contributed by atoms with Crippen LogP contribution in [0.2, 0.25) is 0 Å². The second kappa shape index (κ2) is 6.47. The number of nitrogens with one attached hydrogen (secondary N) is 1. The first kappa shape index (κ1) is 15.8. The van der Waals surface area contributed by atoms with E-state index in [1.165, 1.54) is 0 Å². The molecule has 116 valence electrons. The summed E-state index contributed by atoms with van der Waals surface area (Å²) < 4.78 is 23.5. The SMILES string of the molecule is CCS(=O)(=O)c1ccc(N[C@@H](C)CN2CCCC2=O)cc1. The molecule has 2 rings (SSSR count). The minimum atomic E-state index is -3.15. The largest absolute Gasteiger partial charge is 0.381 e. The number of hydrogen-bond acceptors (Lipinski definition) is 4. The Bertz CT molecular complexity index is 596. The number of anilines is 1. The zero-order chi connectivity index (χ0) is 15.5. The number of nitrogens with zero attached hydrogens (tertiary/aromatic N) is 1. The number of carbonyl (C=O) groups is 1. The number of likely N-dealkylation sites (tertiary alicyclic amines) is 1. The fourth-order valence-corrected chi connectivity index (χ4v) is 3.37. The molecule has 0 unspecified atom stereocenters. The van der Waals surface area contributed by atoms with E-state index < -0.39 is 9.84 Å². The maximum absolute atomic E-state index is 11.7. The van der Waals surface area contributed by atoms with Crippen molar-refractivity contribution in [2.75, 3.05) is 24.2 Å². The van der Waals surface area contributed by atoms with Crippen molar-refractivity contribution in [3.8, 4) is 0 Å². The molecule has 1 aromatic rings. The minimum absolute atomic E-state index is 0.104. The number of amides is 1. The Labute approximate surface area is 126 Å². The van der Waals surface area contributed by atoms with Crippen LogP contribution >= 0.6 is 0 Å². The fourth-order valence-electron chi connectivity index (χ4n) is 2.48. The van der Waals surface area contributed by atoms with Gasteiger partial charge >= 0.3 is 0 Å². The van der Waals surface area contributed by atoms with Gasteiger partial charge in [0.25, 0.3) is 0 Å². The summed E-state index contributed by atoms with van der Waals surface area (Å²) in [6, 6.07) is 6.90. The Kier molecular flexibility index (Phi) is 4.88. The van der Waals surface area contributed by atoms with E-state index >= 15 is 0 Å². The summed E-state index contributed by atoms with van der Waals surface area (Å²) in [6.07, 6.45) is 1.59. The third-order valence-corrected chi connectivity index (χ3v) is 5.42. The van der Waals surface area contributed by atoms with Crippen LogP contribution in [0, 0.1) is 0 Å². The zero-order valence-electron chi connectivity index (χ0n) is 12.5. The molecule has 1 aliphatic heterocycles. The van der Waals surface area contributed by atoms with Crippen LogP contribution in [0.1, 0.15) is 26.7 Å². The van der Waals surface area contributed by atoms with Gasteiger partial charge in [0.1, 0.15) is 0 Å². The molecule has 0 aromatic heterocycles. The van der Waals surface area contributed by atoms with Crippen LogP contribution < -0.4 is 5.32 Å². The predicted molar refractivity (Wildman–Crippen MR) is 83.1 cm³/mol. The molecule has 0 aliphatic carbocycles. The zero-order valence-corrected chi connectivity index (χ0v) is 13.3. The average molecular weight is 310 g/mol. The van der Waals surface area contributed by atoms with Crippen molar-refractivity contribution in [1.29, 1.82) is 0 Å². The molecule has 1 atom stereocenters. The van der Waals surface area contributed by atoms with Gasteiger partial charge < -0.3 is 10.2 Å². The highest BCUT2D eigenvalue weighted by atomic mass is 32.2. The molecule has 1 saturated heterocycles. The van der Waals surface area contributed by atoms with Gasteiger partial charge in [-0.3, -0.25) is 4.79 Å². The molecule has 1 fully saturated rings. The van der Waals surface area contributed by atoms with Gasteiger partial charge in [-0.1, -0.05) is 6.92 Å². The molecule has 1 N–H and O–H groups in total. The Hall–Kier alpha value is -1.56. The molecular formula is C15H22N2O3S. The molecule has 0 radical (unpaired) electrons. The van der Waals surface area contributed by atoms with E-state index in [0.29, 0.717) is 17.9 Å². The van der Waals surface area contributed by atoms with Crippen molar-refractivity contribution in [2.24, 2.45) is 0 Å². The summed E-state index contributed by atoms with van der Waals surface area (Å²) in [5, 5.41) is 3.30. The lowest BCUT2D eigenvalue weighted by Crippen LogP contribution is -2.35. The van der Waals surface area contributed by atoms with Crippen LogP contribution in [-0.4, -0.2) is 44.1 Å². The third kappa shape index (κ3) is 3.97. The number of carbonyl (C=O) groups excluding carboxylic acids is 1. The summed E-state index contributed by atoms with van der Waals surface area (Å²) >= 11 is 0. The summed E-state index contributed by atoms with van der Waals surface area (Å²) in [7, 11) is -3.15. The first-order chi connectivity index (χ1) is 9.92. The molecule has 0 bridgehead atoms. The van der Waals surface area contributed by atoms with Gasteiger partial charge in [0.2, 0.25) is 5.91 Å². The van der Waals surface area contributed by atoms with Crippen molar-refractivity contribution >= 4 is 21.4 Å². The fraction of sp³-hybridized carbons (Fsp3) is 0.533. The molecule has 1 aromatic carbocycles. The topological polar surface area (TPSA) is 66.5 Å². The monoisotopic (exact) mass is 310 g/mol. The van der Waals surface area contributed by atoms with Crippen LogP contribution in [0.15, 0.2) is 29.2 Å². The lowest BCUT2D eigenvalue weighted by molar-refractivity contribution is -0.127. The minimum Gasteiger partial charge on any atom is -0.381 e. The van der Waals surface area contributed by atoms with E-state index in [-0.39, 0.29) is 17.7 Å². The molecule has 6 heteroatoms. The highest BCUT2D eigenvalue weighted by molar-refractivity contribution is 7.91. The van der Waals surface area contributed by atoms with Crippen LogP contribution in [0.25, 0.3) is 0 Å². The van der Waals surface area contributed by atoms with Gasteiger partial charge in [0, 0.05) is 31.2 Å². The molecule has 21 heavy (non-hydrogen) atoms. The number of rotatable bonds is 6. The van der Waals surface area contributed by atoms with Crippen molar-refractivity contribution in [3.05, 3.63) is 24.3 Å². The maximum atomic E-state index is 11.7. The second-order valence-electron chi connectivity index (χ2n) is 5.42. The normalized spacial score (nSPS) is 17.0. The molecule has 1 aliphatic rings. The molecule has 5 nitrogen and oxygen atoms in total. The van der Waals surface area contributed by atoms with Crippen LogP contribution in [0.4, 0.5) is 5.69 Å². The molecule has 0 saturated carbocycles. The molecule has 1 heterocycles. The van der Waals surface area contributed by atoms with Crippen molar-refractivity contribution in [1.82, 2.24) is 4.90 Å². The van der Waals surface area contributed by atoms with E-state index in [1.54, 1.807) is 31.2 Å². The number of benzene rings is 1. The third-order valence-electron chi connectivity index (χ3n) is 3.67. The lowest BCUT2D eigenvalue weighted by Gasteiger charge is -2.22. The van der Waals surface area contributed by atoms with Gasteiger partial charge in [0.15, 0.2) is 9.84 Å². The van der Waals surface area contributed by atoms with Crippen molar-refractivity contribution in [3.63, 3.8) is 0 Å². The van der Waals surface area contributed by atoms with E-state index in [4.69, 9.17) is 0 Å². The summed E-state index contributed by atoms with van der Waals surface area (Å²) in [4.78, 5) is 13.8. The van der Waals surface area contributed by atoms with Crippen molar-refractivity contribution < 1.29 is 13.2 Å². The number of hydrogen-bond donors (Lipinski definition) is 1. The molecule has 1 amide bonds. The Morgan fingerprint density at radius 3 is 2.48 bits per heavy atom. The van der Waals surface area contributed by atoms with Crippen molar-refractivity contribution in [2.45, 2.75) is 37.6 Å². The summed E-state index contributed by atoms with van der Waals surface area (Å²) in [6.45, 7) is 5.16. The van der Waals surface area contributed by atoms with E-state index in [1.807, 2.05) is 11.8 Å². The highest BCUT2D eigenvalue weighted by Gasteiger charge is 2.21. The van der Waals surface area contributed by atoms with Gasteiger partial charge in [0.05, 0.1) is 10.6 Å². The summed E-state index contributed by atoms with van der Waals surface area (Å²) in [5.41, 5.74) is 0.865. The van der Waals surface area contributed by atoms with Gasteiger partial charge in [-0.25, -0.2) is 8.42 Å². The van der Waals surface area contributed by atoms with E-state index in [9.17, 15) is 13.2 Å². The second-order valence-corrected chi connectivity index (χ2v) is 7.69. The molecule has 0 spiro atoms. The van der Waals surface area contributed by atoms with Gasteiger partial charge in [-0.2, -0.15) is 0 Å². The van der Waals surface area contributed by atoms with Gasteiger partial charge in [-0.05, 0) is 37.6 Å². The van der Waals surface area contributed by atoms with E-state index in [2.05, 4.69) is 5.32 Å². The first-order valence-electron chi connectivity index (χ1n) is 7.29. The van der Waals surface area contributed by atoms with Crippen LogP contribution in [0.3, 0.4) is 0 Å². The maximum Gasteiger partial charge on any atom is 0.222 e. The first-order valence-corrected chi connectivity index (χ1v) is 8.94. The summed E-state index contributed by atoms with van der Waals surface area (Å²) in [5.74, 6) is 0.320. The predicted octanol–water partition coefficient (Wildman–Crippen LogP) is 1.90. The average Bonchev–Trinajstić information content (AvgIpc) is 2.85. The quantitative estimate of drug-likeness (QED) is 0.871. The Morgan fingerprint density at radius 1 is 1.29 bits per heavy atom. The lowest BCUT2D eigenvalue weighted by atomic mass is 10.2. The molecular weight excluding hydrogens is 288 g/mol. The highest BCUT2D eigenvalue weighted by Crippen LogP contribution is 2.17. The smallest absolute Gasteiger partial charge is 0.222 e. The standard InChI is InChI=1S/C15H22N2O3S/c1-3-21(19,20)14-8-6-13(7-9-14)16-12(2)11-17-10-4-5-15(17)18/h6-9,12,16H,3-5,10-11H2,1-2H3/t12-/m0/s1. The van der Waals surface area contributed by atoms with Gasteiger partial charge in [-0.15, -0.1) is 0 Å². The van der Waals surface area contributed by atoms with Crippen LogP contribution in [0.5, 0.6) is 0 Å².